The summed E-state index contributed by atoms with van der Waals surface area (Å²) in [5.74, 6) is -0.0533. The number of sulfonamides is 1. The monoisotopic (exact) mass is 338 g/mol. The van der Waals surface area contributed by atoms with E-state index in [0.29, 0.717) is 6.42 Å². The highest BCUT2D eigenvalue weighted by Crippen LogP contribution is 2.23. The molecule has 1 aromatic rings. The standard InChI is InChI=1S/C11H18N2O4S3/c1-12-6-4-10-2-3-11(18-10)20(16,17)13-9-5-7-19(14,15)8-9/h2-3,9,12-13H,4-8H2,1H3. The number of likely N-dealkylation sites (N-methyl/N-ethyl adjacent to an activating group) is 1. The first-order valence-electron chi connectivity index (χ1n) is 6.28. The summed E-state index contributed by atoms with van der Waals surface area (Å²) in [7, 11) is -4.86. The zero-order valence-corrected chi connectivity index (χ0v) is 13.6. The molecule has 114 valence electrons. The van der Waals surface area contributed by atoms with E-state index in [1.165, 1.54) is 11.3 Å². The molecule has 1 unspecified atom stereocenters. The predicted octanol–water partition coefficient (Wildman–Crippen LogP) is -0.0246. The average molecular weight is 338 g/mol. The molecule has 6 nitrogen and oxygen atoms in total. The highest BCUT2D eigenvalue weighted by molar-refractivity contribution is 7.92. The fourth-order valence-electron chi connectivity index (χ4n) is 2.05. The van der Waals surface area contributed by atoms with Crippen molar-refractivity contribution in [3.8, 4) is 0 Å². The molecule has 1 atom stereocenters. The lowest BCUT2D eigenvalue weighted by Crippen LogP contribution is -2.35. The van der Waals surface area contributed by atoms with Crippen LogP contribution in [0.3, 0.4) is 0 Å². The first kappa shape index (κ1) is 15.9. The van der Waals surface area contributed by atoms with Gasteiger partial charge in [-0.3, -0.25) is 0 Å². The van der Waals surface area contributed by atoms with E-state index in [2.05, 4.69) is 10.0 Å². The Morgan fingerprint density at radius 3 is 2.75 bits per heavy atom. The van der Waals surface area contributed by atoms with Crippen LogP contribution in [0.5, 0.6) is 0 Å². The number of nitrogens with one attached hydrogen (secondary N) is 2. The van der Waals surface area contributed by atoms with Crippen molar-refractivity contribution < 1.29 is 16.8 Å². The van der Waals surface area contributed by atoms with Crippen LogP contribution in [0.1, 0.15) is 11.3 Å². The zero-order chi connectivity index (χ0) is 14.8. The zero-order valence-electron chi connectivity index (χ0n) is 11.1. The number of thiophene rings is 1. The maximum atomic E-state index is 12.2. The minimum atomic E-state index is -3.61. The molecule has 20 heavy (non-hydrogen) atoms. The van der Waals surface area contributed by atoms with Gasteiger partial charge in [0.05, 0.1) is 11.5 Å². The van der Waals surface area contributed by atoms with Gasteiger partial charge < -0.3 is 5.32 Å². The normalized spacial score (nSPS) is 22.1. The van der Waals surface area contributed by atoms with E-state index in [1.807, 2.05) is 7.05 Å². The maximum Gasteiger partial charge on any atom is 0.250 e. The van der Waals surface area contributed by atoms with Gasteiger partial charge in [-0.15, -0.1) is 11.3 Å². The highest BCUT2D eigenvalue weighted by atomic mass is 32.2. The first-order valence-corrected chi connectivity index (χ1v) is 10.4. The van der Waals surface area contributed by atoms with Gasteiger partial charge in [0.15, 0.2) is 9.84 Å². The third-order valence-corrected chi connectivity index (χ3v) is 8.00. The second kappa shape index (κ2) is 6.10. The second-order valence-corrected chi connectivity index (χ2v) is 10.1. The van der Waals surface area contributed by atoms with Crippen molar-refractivity contribution >= 4 is 31.2 Å². The smallest absolute Gasteiger partial charge is 0.250 e. The number of hydrogen-bond acceptors (Lipinski definition) is 6. The first-order chi connectivity index (χ1) is 9.32. The largest absolute Gasteiger partial charge is 0.319 e. The summed E-state index contributed by atoms with van der Waals surface area (Å²) in [6.45, 7) is 0.786. The predicted molar refractivity (Wildman–Crippen MR) is 79.3 cm³/mol. The maximum absolute atomic E-state index is 12.2. The van der Waals surface area contributed by atoms with Crippen LogP contribution in [0.25, 0.3) is 0 Å². The molecule has 0 spiro atoms. The van der Waals surface area contributed by atoms with Crippen molar-refractivity contribution in [3.63, 3.8) is 0 Å². The van der Waals surface area contributed by atoms with Crippen molar-refractivity contribution in [1.29, 1.82) is 0 Å². The van der Waals surface area contributed by atoms with E-state index >= 15 is 0 Å². The molecule has 1 saturated heterocycles. The van der Waals surface area contributed by atoms with Crippen molar-refractivity contribution in [2.45, 2.75) is 23.1 Å². The van der Waals surface area contributed by atoms with Gasteiger partial charge in [0.1, 0.15) is 4.21 Å². The molecule has 1 aromatic heterocycles. The van der Waals surface area contributed by atoms with Gasteiger partial charge in [0, 0.05) is 10.9 Å². The lowest BCUT2D eigenvalue weighted by molar-refractivity contribution is 0.564. The summed E-state index contributed by atoms with van der Waals surface area (Å²) in [5.41, 5.74) is 0. The summed E-state index contributed by atoms with van der Waals surface area (Å²) in [6, 6.07) is 2.86. The molecule has 0 aromatic carbocycles. The van der Waals surface area contributed by atoms with Gasteiger partial charge in [-0.25, -0.2) is 21.6 Å². The molecule has 0 amide bonds. The van der Waals surface area contributed by atoms with E-state index in [9.17, 15) is 16.8 Å². The van der Waals surface area contributed by atoms with Gasteiger partial charge in [-0.05, 0) is 38.6 Å². The minimum Gasteiger partial charge on any atom is -0.319 e. The van der Waals surface area contributed by atoms with Crippen molar-refractivity contribution in [2.24, 2.45) is 0 Å². The van der Waals surface area contributed by atoms with Crippen LogP contribution in [-0.4, -0.2) is 48.0 Å². The molecular weight excluding hydrogens is 320 g/mol. The lowest BCUT2D eigenvalue weighted by atomic mass is 10.3. The van der Waals surface area contributed by atoms with Crippen molar-refractivity contribution in [1.82, 2.24) is 10.0 Å². The second-order valence-electron chi connectivity index (χ2n) is 4.80. The molecule has 0 aliphatic carbocycles. The Kier molecular flexibility index (Phi) is 4.85. The van der Waals surface area contributed by atoms with Crippen molar-refractivity contribution in [3.05, 3.63) is 17.0 Å². The third-order valence-electron chi connectivity index (χ3n) is 3.08. The van der Waals surface area contributed by atoms with Gasteiger partial charge >= 0.3 is 0 Å². The van der Waals surface area contributed by atoms with E-state index < -0.39 is 25.9 Å². The summed E-state index contributed by atoms with van der Waals surface area (Å²) < 4.78 is 49.8. The van der Waals surface area contributed by atoms with Gasteiger partial charge in [0.2, 0.25) is 10.0 Å². The quantitative estimate of drug-likeness (QED) is 0.760. The SMILES string of the molecule is CNCCc1ccc(S(=O)(=O)NC2CCS(=O)(=O)C2)s1. The highest BCUT2D eigenvalue weighted by Gasteiger charge is 2.31. The van der Waals surface area contributed by atoms with E-state index in [-0.39, 0.29) is 15.7 Å². The molecule has 1 fully saturated rings. The number of hydrogen-bond donors (Lipinski definition) is 2. The topological polar surface area (TPSA) is 92.3 Å². The van der Waals surface area contributed by atoms with E-state index in [4.69, 9.17) is 0 Å². The van der Waals surface area contributed by atoms with Gasteiger partial charge in [-0.1, -0.05) is 0 Å². The van der Waals surface area contributed by atoms with E-state index in [1.54, 1.807) is 12.1 Å². The molecule has 1 aliphatic rings. The molecule has 0 saturated carbocycles. The van der Waals surface area contributed by atoms with Crippen LogP contribution in [0.2, 0.25) is 0 Å². The Hall–Kier alpha value is -0.480. The van der Waals surface area contributed by atoms with Crippen LogP contribution in [0.15, 0.2) is 16.3 Å². The molecule has 2 heterocycles. The molecule has 9 heteroatoms. The minimum absolute atomic E-state index is 0.0536. The molecule has 2 N–H and O–H groups in total. The molecule has 0 bridgehead atoms. The summed E-state index contributed by atoms with van der Waals surface area (Å²) in [5, 5.41) is 3.01. The fraction of sp³-hybridized carbons (Fsp3) is 0.636. The van der Waals surface area contributed by atoms with Crippen molar-refractivity contribution in [2.75, 3.05) is 25.1 Å². The van der Waals surface area contributed by atoms with Gasteiger partial charge in [-0.2, -0.15) is 0 Å². The van der Waals surface area contributed by atoms with Crippen LogP contribution in [0, 0.1) is 0 Å². The fourth-order valence-corrected chi connectivity index (χ4v) is 6.47. The molecule has 1 aliphatic heterocycles. The van der Waals surface area contributed by atoms with Crippen LogP contribution in [0.4, 0.5) is 0 Å². The number of rotatable bonds is 6. The Bertz CT molecular complexity index is 664. The van der Waals surface area contributed by atoms with E-state index in [0.717, 1.165) is 17.8 Å². The Balaban J connectivity index is 2.05. The molecule has 2 rings (SSSR count). The third kappa shape index (κ3) is 4.01. The van der Waals surface area contributed by atoms with Crippen LogP contribution in [-0.2, 0) is 26.3 Å². The molecular formula is C11H18N2O4S3. The van der Waals surface area contributed by atoms with Crippen LogP contribution < -0.4 is 10.0 Å². The lowest BCUT2D eigenvalue weighted by Gasteiger charge is -2.09. The molecule has 0 radical (unpaired) electrons. The summed E-state index contributed by atoms with van der Waals surface area (Å²) >= 11 is 1.22. The Labute approximate surface area is 123 Å². The Morgan fingerprint density at radius 1 is 1.40 bits per heavy atom. The van der Waals surface area contributed by atoms with Crippen LogP contribution >= 0.6 is 11.3 Å². The van der Waals surface area contributed by atoms with Gasteiger partial charge in [0.25, 0.3) is 0 Å². The number of sulfone groups is 1. The Morgan fingerprint density at radius 2 is 2.15 bits per heavy atom. The summed E-state index contributed by atoms with van der Waals surface area (Å²) in [6.07, 6.45) is 1.12. The average Bonchev–Trinajstić information content (AvgIpc) is 2.93. The summed E-state index contributed by atoms with van der Waals surface area (Å²) in [4.78, 5) is 0.985.